The van der Waals surface area contributed by atoms with Gasteiger partial charge in [-0.3, -0.25) is 4.79 Å². The van der Waals surface area contributed by atoms with E-state index in [4.69, 9.17) is 5.26 Å². The number of piperidine rings is 1. The van der Waals surface area contributed by atoms with Crippen molar-refractivity contribution in [3.05, 3.63) is 28.0 Å². The minimum atomic E-state index is 0.0970. The molecule has 1 aliphatic rings. The molecule has 2 heterocycles. The van der Waals surface area contributed by atoms with Crippen molar-refractivity contribution in [2.45, 2.75) is 19.8 Å². The quantitative estimate of drug-likeness (QED) is 0.767. The molecule has 94 valence electrons. The number of nitrogens with zero attached hydrogens (tertiary/aromatic N) is 2. The molecule has 4 heteroatoms. The lowest BCUT2D eigenvalue weighted by molar-refractivity contribution is -0.128. The van der Waals surface area contributed by atoms with Crippen molar-refractivity contribution in [3.8, 4) is 6.07 Å². The topological polar surface area (TPSA) is 44.1 Å². The fourth-order valence-electron chi connectivity index (χ4n) is 2.11. The number of hydrogen-bond donors (Lipinski definition) is 0. The third kappa shape index (κ3) is 2.99. The Kier molecular flexibility index (Phi) is 4.16. The van der Waals surface area contributed by atoms with E-state index in [2.05, 4.69) is 6.07 Å². The van der Waals surface area contributed by atoms with Gasteiger partial charge in [-0.05, 0) is 37.3 Å². The zero-order valence-electron chi connectivity index (χ0n) is 10.4. The first-order valence-electron chi connectivity index (χ1n) is 6.11. The molecule has 0 saturated carbocycles. The van der Waals surface area contributed by atoms with Gasteiger partial charge in [-0.1, -0.05) is 6.07 Å². The summed E-state index contributed by atoms with van der Waals surface area (Å²) in [7, 11) is 0. The van der Waals surface area contributed by atoms with Crippen molar-refractivity contribution in [2.75, 3.05) is 13.1 Å². The Balaban J connectivity index is 1.98. The highest BCUT2D eigenvalue weighted by Gasteiger charge is 2.23. The van der Waals surface area contributed by atoms with Crippen molar-refractivity contribution in [3.63, 3.8) is 0 Å². The van der Waals surface area contributed by atoms with Gasteiger partial charge in [0, 0.05) is 29.5 Å². The van der Waals surface area contributed by atoms with E-state index < -0.39 is 0 Å². The summed E-state index contributed by atoms with van der Waals surface area (Å²) in [5, 5.41) is 10.8. The van der Waals surface area contributed by atoms with Gasteiger partial charge in [0.2, 0.25) is 5.91 Å². The van der Waals surface area contributed by atoms with Crippen LogP contribution in [-0.2, 0) is 4.79 Å². The summed E-state index contributed by atoms with van der Waals surface area (Å²) < 4.78 is 0. The van der Waals surface area contributed by atoms with Crippen molar-refractivity contribution in [1.82, 2.24) is 4.90 Å². The number of likely N-dealkylation sites (tertiary alicyclic amines) is 1. The lowest BCUT2D eigenvalue weighted by Crippen LogP contribution is -2.38. The Bertz CT molecular complexity index is 476. The smallest absolute Gasteiger partial charge is 0.249 e. The van der Waals surface area contributed by atoms with Crippen LogP contribution in [0.5, 0.6) is 0 Å². The molecule has 1 aromatic heterocycles. The van der Waals surface area contributed by atoms with Gasteiger partial charge in [0.15, 0.2) is 0 Å². The molecule has 0 radical (unpaired) electrons. The third-order valence-corrected chi connectivity index (χ3v) is 4.02. The van der Waals surface area contributed by atoms with Crippen LogP contribution in [0.25, 0.3) is 6.08 Å². The third-order valence-electron chi connectivity index (χ3n) is 3.20. The number of hydrogen-bond acceptors (Lipinski definition) is 3. The van der Waals surface area contributed by atoms with E-state index in [1.54, 1.807) is 11.3 Å². The van der Waals surface area contributed by atoms with E-state index in [-0.39, 0.29) is 11.8 Å². The second kappa shape index (κ2) is 5.83. The van der Waals surface area contributed by atoms with Crippen LogP contribution in [0.2, 0.25) is 0 Å². The molecule has 3 nitrogen and oxygen atoms in total. The average molecular weight is 260 g/mol. The Morgan fingerprint density at radius 1 is 1.56 bits per heavy atom. The first-order valence-corrected chi connectivity index (χ1v) is 6.99. The fourth-order valence-corrected chi connectivity index (χ4v) is 2.83. The summed E-state index contributed by atoms with van der Waals surface area (Å²) >= 11 is 1.63. The lowest BCUT2D eigenvalue weighted by Gasteiger charge is -2.29. The molecule has 0 spiro atoms. The maximum atomic E-state index is 12.2. The maximum absolute atomic E-state index is 12.2. The molecule has 1 aliphatic heterocycles. The molecule has 1 fully saturated rings. The Hall–Kier alpha value is -1.60. The Morgan fingerprint density at radius 2 is 2.28 bits per heavy atom. The molecule has 0 unspecified atom stereocenters. The van der Waals surface area contributed by atoms with Gasteiger partial charge in [0.25, 0.3) is 0 Å². The van der Waals surface area contributed by atoms with Crippen LogP contribution >= 0.6 is 11.3 Å². The number of nitriles is 1. The molecule has 0 aliphatic carbocycles. The molecule has 0 N–H and O–H groups in total. The molecule has 0 atom stereocenters. The summed E-state index contributed by atoms with van der Waals surface area (Å²) in [6.07, 6.45) is 3.53. The molecule has 1 saturated heterocycles. The molecule has 0 bridgehead atoms. The zero-order valence-corrected chi connectivity index (χ0v) is 11.2. The van der Waals surface area contributed by atoms with Crippen LogP contribution in [0.3, 0.4) is 0 Å². The van der Waals surface area contributed by atoms with Crippen LogP contribution in [0.15, 0.2) is 23.1 Å². The second-order valence-corrected chi connectivity index (χ2v) is 5.52. The summed E-state index contributed by atoms with van der Waals surface area (Å²) in [4.78, 5) is 15.2. The Morgan fingerprint density at radius 3 is 2.83 bits per heavy atom. The van der Waals surface area contributed by atoms with Crippen molar-refractivity contribution in [2.24, 2.45) is 5.92 Å². The highest BCUT2D eigenvalue weighted by Crippen LogP contribution is 2.19. The van der Waals surface area contributed by atoms with E-state index in [0.717, 1.165) is 23.3 Å². The monoisotopic (exact) mass is 260 g/mol. The molecular formula is C14H16N2OS. The average Bonchev–Trinajstić information content (AvgIpc) is 2.91. The summed E-state index contributed by atoms with van der Waals surface area (Å²) in [6.45, 7) is 3.26. The molecule has 1 amide bonds. The first-order chi connectivity index (χ1) is 8.70. The predicted octanol–water partition coefficient (Wildman–Crippen LogP) is 2.91. The van der Waals surface area contributed by atoms with Gasteiger partial charge in [0.05, 0.1) is 6.07 Å². The van der Waals surface area contributed by atoms with Crippen molar-refractivity contribution < 1.29 is 4.79 Å². The largest absolute Gasteiger partial charge is 0.339 e. The SMILES string of the molecule is C/C(=C\c1cccs1)C(=O)N1CCC(C#N)CC1. The van der Waals surface area contributed by atoms with E-state index >= 15 is 0 Å². The van der Waals surface area contributed by atoms with Crippen LogP contribution in [0.4, 0.5) is 0 Å². The summed E-state index contributed by atoms with van der Waals surface area (Å²) in [5.41, 5.74) is 0.771. The zero-order chi connectivity index (χ0) is 13.0. The van der Waals surface area contributed by atoms with Crippen LogP contribution in [0.1, 0.15) is 24.6 Å². The van der Waals surface area contributed by atoms with Gasteiger partial charge in [-0.15, -0.1) is 11.3 Å². The molecular weight excluding hydrogens is 244 g/mol. The number of carbonyl (C=O) groups excluding carboxylic acids is 1. The molecule has 0 aromatic carbocycles. The number of carbonyl (C=O) groups is 1. The Labute approximate surface area is 111 Å². The molecule has 1 aromatic rings. The predicted molar refractivity (Wildman–Crippen MR) is 72.9 cm³/mol. The van der Waals surface area contributed by atoms with Gasteiger partial charge < -0.3 is 4.90 Å². The van der Waals surface area contributed by atoms with Crippen LogP contribution < -0.4 is 0 Å². The summed E-state index contributed by atoms with van der Waals surface area (Å²) in [5.74, 6) is 0.218. The van der Waals surface area contributed by atoms with E-state index in [1.807, 2.05) is 35.4 Å². The van der Waals surface area contributed by atoms with Crippen LogP contribution in [-0.4, -0.2) is 23.9 Å². The van der Waals surface area contributed by atoms with E-state index in [1.165, 1.54) is 0 Å². The van der Waals surface area contributed by atoms with E-state index in [0.29, 0.717) is 13.1 Å². The minimum absolute atomic E-state index is 0.0970. The highest BCUT2D eigenvalue weighted by molar-refractivity contribution is 7.10. The number of thiophene rings is 1. The normalized spacial score (nSPS) is 17.6. The van der Waals surface area contributed by atoms with Gasteiger partial charge in [0.1, 0.15) is 0 Å². The second-order valence-electron chi connectivity index (χ2n) is 4.54. The standard InChI is InChI=1S/C14H16N2OS/c1-11(9-13-3-2-8-18-13)14(17)16-6-4-12(10-15)5-7-16/h2-3,8-9,12H,4-7H2,1H3/b11-9+. The molecule has 18 heavy (non-hydrogen) atoms. The minimum Gasteiger partial charge on any atom is -0.339 e. The van der Waals surface area contributed by atoms with Crippen LogP contribution in [0, 0.1) is 17.2 Å². The van der Waals surface area contributed by atoms with Gasteiger partial charge in [-0.2, -0.15) is 5.26 Å². The molecule has 2 rings (SSSR count). The fraction of sp³-hybridized carbons (Fsp3) is 0.429. The first kappa shape index (κ1) is 12.8. The lowest BCUT2D eigenvalue weighted by atomic mass is 9.98. The number of amides is 1. The van der Waals surface area contributed by atoms with Crippen molar-refractivity contribution in [1.29, 1.82) is 5.26 Å². The maximum Gasteiger partial charge on any atom is 0.249 e. The van der Waals surface area contributed by atoms with E-state index in [9.17, 15) is 4.79 Å². The van der Waals surface area contributed by atoms with Crippen molar-refractivity contribution >= 4 is 23.3 Å². The number of rotatable bonds is 2. The summed E-state index contributed by atoms with van der Waals surface area (Å²) in [6, 6.07) is 6.26. The van der Waals surface area contributed by atoms with Gasteiger partial charge >= 0.3 is 0 Å². The highest BCUT2D eigenvalue weighted by atomic mass is 32.1. The van der Waals surface area contributed by atoms with Gasteiger partial charge in [-0.25, -0.2) is 0 Å².